The Bertz CT molecular complexity index is 817. The van der Waals surface area contributed by atoms with Crippen molar-refractivity contribution in [3.63, 3.8) is 0 Å². The van der Waals surface area contributed by atoms with E-state index in [0.29, 0.717) is 25.1 Å². The Labute approximate surface area is 142 Å². The molecule has 1 saturated heterocycles. The molecule has 0 spiro atoms. The smallest absolute Gasteiger partial charge is 0.241 e. The number of hydrogen-bond acceptors (Lipinski definition) is 5. The van der Waals surface area contributed by atoms with Gasteiger partial charge in [-0.25, -0.2) is 13.1 Å². The number of nitrogens with one attached hydrogen (secondary N) is 1. The van der Waals surface area contributed by atoms with Crippen LogP contribution in [-0.2, 0) is 14.8 Å². The quantitative estimate of drug-likeness (QED) is 0.887. The highest BCUT2D eigenvalue weighted by atomic mass is 32.2. The molecule has 2 aromatic rings. The van der Waals surface area contributed by atoms with Crippen molar-refractivity contribution in [3.05, 3.63) is 36.0 Å². The molecule has 1 N–H and O–H groups in total. The van der Waals surface area contributed by atoms with Gasteiger partial charge in [-0.15, -0.1) is 0 Å². The van der Waals surface area contributed by atoms with Gasteiger partial charge in [-0.3, -0.25) is 9.88 Å². The molecule has 1 atom stereocenters. The number of aryl methyl sites for hydroxylation is 1. The number of aromatic nitrogens is 1. The zero-order valence-electron chi connectivity index (χ0n) is 14.0. The number of morpholine rings is 1. The van der Waals surface area contributed by atoms with Gasteiger partial charge in [-0.2, -0.15) is 0 Å². The number of ether oxygens (including phenoxy) is 1. The predicted molar refractivity (Wildman–Crippen MR) is 93.5 cm³/mol. The SMILES string of the molecule is Cc1ccc(S(=O)(=O)NC[C@H](C)N2CCOCC2)c2cccnc12. The maximum Gasteiger partial charge on any atom is 0.241 e. The van der Waals surface area contributed by atoms with Crippen molar-refractivity contribution in [2.75, 3.05) is 32.8 Å². The van der Waals surface area contributed by atoms with Gasteiger partial charge in [0.1, 0.15) is 0 Å². The standard InChI is InChI=1S/C17H23N3O3S/c1-13-5-6-16(15-4-3-7-18-17(13)15)24(21,22)19-12-14(2)20-8-10-23-11-9-20/h3-7,14,19H,8-12H2,1-2H3/t14-/m0/s1. The largest absolute Gasteiger partial charge is 0.379 e. The lowest BCUT2D eigenvalue weighted by Gasteiger charge is -2.32. The van der Waals surface area contributed by atoms with Gasteiger partial charge in [-0.1, -0.05) is 6.07 Å². The van der Waals surface area contributed by atoms with Gasteiger partial charge in [-0.05, 0) is 37.6 Å². The number of pyridine rings is 1. The minimum Gasteiger partial charge on any atom is -0.379 e. The molecule has 1 aromatic heterocycles. The van der Waals surface area contributed by atoms with Crippen LogP contribution in [-0.4, -0.2) is 57.2 Å². The zero-order valence-corrected chi connectivity index (χ0v) is 14.8. The van der Waals surface area contributed by atoms with Crippen LogP contribution in [0.5, 0.6) is 0 Å². The van der Waals surface area contributed by atoms with Gasteiger partial charge in [0.15, 0.2) is 0 Å². The van der Waals surface area contributed by atoms with Crippen LogP contribution in [0.1, 0.15) is 12.5 Å². The van der Waals surface area contributed by atoms with Crippen LogP contribution in [0.3, 0.4) is 0 Å². The monoisotopic (exact) mass is 349 g/mol. The Morgan fingerprint density at radius 3 is 2.79 bits per heavy atom. The van der Waals surface area contributed by atoms with E-state index in [2.05, 4.69) is 14.6 Å². The molecule has 0 bridgehead atoms. The van der Waals surface area contributed by atoms with Gasteiger partial charge in [0.05, 0.1) is 23.6 Å². The number of rotatable bonds is 5. The highest BCUT2D eigenvalue weighted by molar-refractivity contribution is 7.89. The van der Waals surface area contributed by atoms with Crippen molar-refractivity contribution in [1.82, 2.24) is 14.6 Å². The third-order valence-corrected chi connectivity index (χ3v) is 5.94. The lowest BCUT2D eigenvalue weighted by atomic mass is 10.1. The first-order valence-electron chi connectivity index (χ1n) is 8.15. The van der Waals surface area contributed by atoms with Gasteiger partial charge in [0.25, 0.3) is 0 Å². The van der Waals surface area contributed by atoms with Crippen molar-refractivity contribution in [2.45, 2.75) is 24.8 Å². The summed E-state index contributed by atoms with van der Waals surface area (Å²) in [5.74, 6) is 0. The molecule has 1 aromatic carbocycles. The number of sulfonamides is 1. The molecule has 7 heteroatoms. The molecule has 0 unspecified atom stereocenters. The molecular weight excluding hydrogens is 326 g/mol. The van der Waals surface area contributed by atoms with E-state index in [1.807, 2.05) is 13.8 Å². The van der Waals surface area contributed by atoms with Crippen LogP contribution in [0.4, 0.5) is 0 Å². The minimum atomic E-state index is -3.59. The van der Waals surface area contributed by atoms with E-state index in [-0.39, 0.29) is 10.9 Å². The van der Waals surface area contributed by atoms with Crippen LogP contribution in [0, 0.1) is 6.92 Å². The van der Waals surface area contributed by atoms with E-state index >= 15 is 0 Å². The number of benzene rings is 1. The van der Waals surface area contributed by atoms with Crippen LogP contribution in [0.15, 0.2) is 35.4 Å². The summed E-state index contributed by atoms with van der Waals surface area (Å²) in [5.41, 5.74) is 1.69. The molecule has 130 valence electrons. The average molecular weight is 349 g/mol. The fourth-order valence-electron chi connectivity index (χ4n) is 2.98. The lowest BCUT2D eigenvalue weighted by molar-refractivity contribution is 0.0213. The number of hydrogen-bond donors (Lipinski definition) is 1. The number of nitrogens with zero attached hydrogens (tertiary/aromatic N) is 2. The molecule has 6 nitrogen and oxygen atoms in total. The topological polar surface area (TPSA) is 71.5 Å². The molecule has 0 amide bonds. The molecule has 24 heavy (non-hydrogen) atoms. The van der Waals surface area contributed by atoms with E-state index in [1.54, 1.807) is 30.5 Å². The lowest BCUT2D eigenvalue weighted by Crippen LogP contribution is -2.47. The van der Waals surface area contributed by atoms with Gasteiger partial charge < -0.3 is 4.74 Å². The summed E-state index contributed by atoms with van der Waals surface area (Å²) < 4.78 is 33.6. The summed E-state index contributed by atoms with van der Waals surface area (Å²) in [6, 6.07) is 7.14. The van der Waals surface area contributed by atoms with E-state index in [1.165, 1.54) is 0 Å². The minimum absolute atomic E-state index is 0.124. The van der Waals surface area contributed by atoms with E-state index in [4.69, 9.17) is 4.74 Å². The van der Waals surface area contributed by atoms with Crippen LogP contribution >= 0.6 is 0 Å². The van der Waals surface area contributed by atoms with E-state index < -0.39 is 10.0 Å². The Morgan fingerprint density at radius 1 is 1.29 bits per heavy atom. The predicted octanol–water partition coefficient (Wildman–Crippen LogP) is 1.54. The van der Waals surface area contributed by atoms with Crippen molar-refractivity contribution >= 4 is 20.9 Å². The summed E-state index contributed by atoms with van der Waals surface area (Å²) in [4.78, 5) is 6.83. The number of fused-ring (bicyclic) bond motifs is 1. The molecule has 1 fully saturated rings. The molecule has 0 saturated carbocycles. The van der Waals surface area contributed by atoms with E-state index in [0.717, 1.165) is 24.2 Å². The highest BCUT2D eigenvalue weighted by Gasteiger charge is 2.22. The molecular formula is C17H23N3O3S. The fraction of sp³-hybridized carbons (Fsp3) is 0.471. The summed E-state index contributed by atoms with van der Waals surface area (Å²) >= 11 is 0. The second kappa shape index (κ2) is 7.14. The van der Waals surface area contributed by atoms with Gasteiger partial charge >= 0.3 is 0 Å². The first-order valence-corrected chi connectivity index (χ1v) is 9.63. The molecule has 0 aliphatic carbocycles. The Kier molecular flexibility index (Phi) is 5.15. The first kappa shape index (κ1) is 17.3. The van der Waals surface area contributed by atoms with Gasteiger partial charge in [0, 0.05) is 37.3 Å². The average Bonchev–Trinajstić information content (AvgIpc) is 2.61. The van der Waals surface area contributed by atoms with Crippen molar-refractivity contribution in [3.8, 4) is 0 Å². The molecule has 3 rings (SSSR count). The molecule has 2 heterocycles. The maximum atomic E-state index is 12.8. The maximum absolute atomic E-state index is 12.8. The third kappa shape index (κ3) is 3.59. The zero-order chi connectivity index (χ0) is 17.2. The summed E-state index contributed by atoms with van der Waals surface area (Å²) in [7, 11) is -3.59. The van der Waals surface area contributed by atoms with Crippen molar-refractivity contribution < 1.29 is 13.2 Å². The first-order chi connectivity index (χ1) is 11.5. The third-order valence-electron chi connectivity index (χ3n) is 4.46. The van der Waals surface area contributed by atoms with Crippen molar-refractivity contribution in [1.29, 1.82) is 0 Å². The Balaban J connectivity index is 1.80. The summed E-state index contributed by atoms with van der Waals surface area (Å²) in [6.45, 7) is 7.40. The second-order valence-electron chi connectivity index (χ2n) is 6.13. The summed E-state index contributed by atoms with van der Waals surface area (Å²) in [5, 5.41) is 0.657. The van der Waals surface area contributed by atoms with Gasteiger partial charge in [0.2, 0.25) is 10.0 Å². The molecule has 1 aliphatic rings. The summed E-state index contributed by atoms with van der Waals surface area (Å²) in [6.07, 6.45) is 1.68. The Morgan fingerprint density at radius 2 is 2.04 bits per heavy atom. The van der Waals surface area contributed by atoms with E-state index in [9.17, 15) is 8.42 Å². The fourth-order valence-corrected chi connectivity index (χ4v) is 4.30. The van der Waals surface area contributed by atoms with Crippen LogP contribution in [0.25, 0.3) is 10.9 Å². The second-order valence-corrected chi connectivity index (χ2v) is 7.86. The molecule has 1 aliphatic heterocycles. The Hall–Kier alpha value is -1.54. The van der Waals surface area contributed by atoms with Crippen molar-refractivity contribution in [2.24, 2.45) is 0 Å². The van der Waals surface area contributed by atoms with Crippen LogP contribution < -0.4 is 4.72 Å². The van der Waals surface area contributed by atoms with Crippen LogP contribution in [0.2, 0.25) is 0 Å². The molecule has 0 radical (unpaired) electrons. The highest BCUT2D eigenvalue weighted by Crippen LogP contribution is 2.24. The normalized spacial score (nSPS) is 17.9.